The van der Waals surface area contributed by atoms with Crippen LogP contribution in [0.5, 0.6) is 5.75 Å². The second kappa shape index (κ2) is 5.78. The molecule has 1 saturated heterocycles. The SMILES string of the molecule is COC(=O)C1CNCCN1S(=O)(=O)c1ccc(O)cc1. The number of sulfonamides is 1. The Morgan fingerprint density at radius 1 is 1.40 bits per heavy atom. The zero-order valence-corrected chi connectivity index (χ0v) is 11.8. The second-order valence-corrected chi connectivity index (χ2v) is 6.24. The van der Waals surface area contributed by atoms with Gasteiger partial charge in [0, 0.05) is 19.6 Å². The first-order valence-corrected chi connectivity index (χ1v) is 7.50. The lowest BCUT2D eigenvalue weighted by molar-refractivity contribution is -0.145. The summed E-state index contributed by atoms with van der Waals surface area (Å²) in [6.07, 6.45) is 0. The Kier molecular flexibility index (Phi) is 4.26. The monoisotopic (exact) mass is 300 g/mol. The molecule has 1 aromatic carbocycles. The van der Waals surface area contributed by atoms with E-state index in [1.54, 1.807) is 0 Å². The average Bonchev–Trinajstić information content (AvgIpc) is 2.47. The third kappa shape index (κ3) is 2.77. The molecule has 1 atom stereocenters. The Balaban J connectivity index is 2.35. The topological polar surface area (TPSA) is 95.9 Å². The molecule has 1 aliphatic heterocycles. The van der Waals surface area contributed by atoms with Crippen LogP contribution in [-0.4, -0.2) is 56.6 Å². The van der Waals surface area contributed by atoms with Gasteiger partial charge in [-0.3, -0.25) is 4.79 Å². The van der Waals surface area contributed by atoms with Gasteiger partial charge in [0.15, 0.2) is 0 Å². The predicted octanol–water partition coefficient (Wildman–Crippen LogP) is -0.472. The van der Waals surface area contributed by atoms with Crippen molar-refractivity contribution >= 4 is 16.0 Å². The zero-order chi connectivity index (χ0) is 14.8. The number of rotatable bonds is 3. The van der Waals surface area contributed by atoms with Gasteiger partial charge in [0.05, 0.1) is 12.0 Å². The van der Waals surface area contributed by atoms with Crippen molar-refractivity contribution < 1.29 is 23.1 Å². The average molecular weight is 300 g/mol. The van der Waals surface area contributed by atoms with E-state index in [1.165, 1.54) is 31.4 Å². The maximum Gasteiger partial charge on any atom is 0.325 e. The minimum atomic E-state index is -3.80. The Hall–Kier alpha value is -1.64. The van der Waals surface area contributed by atoms with Crippen LogP contribution in [0.1, 0.15) is 0 Å². The second-order valence-electron chi connectivity index (χ2n) is 4.35. The normalized spacial score (nSPS) is 20.6. The van der Waals surface area contributed by atoms with E-state index in [-0.39, 0.29) is 23.7 Å². The Labute approximate surface area is 117 Å². The quantitative estimate of drug-likeness (QED) is 0.733. The molecule has 0 aliphatic carbocycles. The molecule has 1 heterocycles. The molecule has 2 rings (SSSR count). The number of nitrogens with one attached hydrogen (secondary N) is 1. The molecule has 1 aromatic rings. The van der Waals surface area contributed by atoms with Gasteiger partial charge in [-0.25, -0.2) is 8.42 Å². The number of ether oxygens (including phenoxy) is 1. The molecule has 0 bridgehead atoms. The number of benzene rings is 1. The van der Waals surface area contributed by atoms with Crippen LogP contribution in [0.4, 0.5) is 0 Å². The highest BCUT2D eigenvalue weighted by Gasteiger charge is 2.38. The van der Waals surface area contributed by atoms with Crippen molar-refractivity contribution in [2.24, 2.45) is 0 Å². The lowest BCUT2D eigenvalue weighted by Gasteiger charge is -2.33. The van der Waals surface area contributed by atoms with E-state index in [1.807, 2.05) is 0 Å². The fourth-order valence-corrected chi connectivity index (χ4v) is 3.64. The van der Waals surface area contributed by atoms with E-state index in [4.69, 9.17) is 0 Å². The molecule has 7 nitrogen and oxygen atoms in total. The van der Waals surface area contributed by atoms with E-state index >= 15 is 0 Å². The lowest BCUT2D eigenvalue weighted by Crippen LogP contribution is -2.57. The summed E-state index contributed by atoms with van der Waals surface area (Å²) in [5, 5.41) is 12.2. The summed E-state index contributed by atoms with van der Waals surface area (Å²) in [5.74, 6) is -0.617. The van der Waals surface area contributed by atoms with Crippen molar-refractivity contribution in [2.45, 2.75) is 10.9 Å². The van der Waals surface area contributed by atoms with Gasteiger partial charge in [0.25, 0.3) is 0 Å². The number of carbonyl (C=O) groups is 1. The fourth-order valence-electron chi connectivity index (χ4n) is 2.06. The first-order valence-electron chi connectivity index (χ1n) is 6.06. The Bertz CT molecular complexity index is 584. The summed E-state index contributed by atoms with van der Waals surface area (Å²) in [6, 6.07) is 4.32. The number of hydrogen-bond acceptors (Lipinski definition) is 6. The Morgan fingerprint density at radius 2 is 2.05 bits per heavy atom. The molecule has 0 spiro atoms. The van der Waals surface area contributed by atoms with E-state index in [0.717, 1.165) is 4.31 Å². The summed E-state index contributed by atoms with van der Waals surface area (Å²) >= 11 is 0. The van der Waals surface area contributed by atoms with Gasteiger partial charge >= 0.3 is 5.97 Å². The highest BCUT2D eigenvalue weighted by molar-refractivity contribution is 7.89. The van der Waals surface area contributed by atoms with Crippen molar-refractivity contribution in [1.82, 2.24) is 9.62 Å². The highest BCUT2D eigenvalue weighted by Crippen LogP contribution is 2.21. The number of hydrogen-bond donors (Lipinski definition) is 2. The van der Waals surface area contributed by atoms with Gasteiger partial charge in [-0.2, -0.15) is 4.31 Å². The predicted molar refractivity (Wildman–Crippen MR) is 70.7 cm³/mol. The molecule has 0 saturated carbocycles. The number of aromatic hydroxyl groups is 1. The third-order valence-corrected chi connectivity index (χ3v) is 5.03. The number of phenolic OH excluding ortho intramolecular Hbond substituents is 1. The lowest BCUT2D eigenvalue weighted by atomic mass is 10.2. The number of nitrogens with zero attached hydrogens (tertiary/aromatic N) is 1. The summed E-state index contributed by atoms with van der Waals surface area (Å²) < 4.78 is 30.8. The molecule has 1 aliphatic rings. The van der Waals surface area contributed by atoms with Gasteiger partial charge in [-0.15, -0.1) is 0 Å². The first-order chi connectivity index (χ1) is 9.46. The molecule has 0 aromatic heterocycles. The van der Waals surface area contributed by atoms with Crippen molar-refractivity contribution in [3.05, 3.63) is 24.3 Å². The molecule has 2 N–H and O–H groups in total. The van der Waals surface area contributed by atoms with Crippen molar-refractivity contribution in [3.8, 4) is 5.75 Å². The number of piperazine rings is 1. The molecule has 20 heavy (non-hydrogen) atoms. The van der Waals surface area contributed by atoms with Crippen LogP contribution in [0.15, 0.2) is 29.2 Å². The molecule has 0 radical (unpaired) electrons. The minimum Gasteiger partial charge on any atom is -0.508 e. The molecular formula is C12H16N2O5S. The highest BCUT2D eigenvalue weighted by atomic mass is 32.2. The van der Waals surface area contributed by atoms with Crippen LogP contribution in [0, 0.1) is 0 Å². The van der Waals surface area contributed by atoms with Gasteiger partial charge in [0.2, 0.25) is 10.0 Å². The van der Waals surface area contributed by atoms with Crippen LogP contribution in [-0.2, 0) is 19.6 Å². The van der Waals surface area contributed by atoms with E-state index < -0.39 is 22.0 Å². The van der Waals surface area contributed by atoms with Gasteiger partial charge < -0.3 is 15.2 Å². The molecule has 8 heteroatoms. The van der Waals surface area contributed by atoms with Crippen molar-refractivity contribution in [1.29, 1.82) is 0 Å². The Morgan fingerprint density at radius 3 is 2.65 bits per heavy atom. The van der Waals surface area contributed by atoms with Crippen molar-refractivity contribution in [2.75, 3.05) is 26.7 Å². The van der Waals surface area contributed by atoms with Gasteiger partial charge in [-0.05, 0) is 24.3 Å². The number of methoxy groups -OCH3 is 1. The molecule has 1 fully saturated rings. The van der Waals surface area contributed by atoms with Crippen LogP contribution in [0.25, 0.3) is 0 Å². The summed E-state index contributed by atoms with van der Waals surface area (Å²) in [6.45, 7) is 0.859. The van der Waals surface area contributed by atoms with Gasteiger partial charge in [-0.1, -0.05) is 0 Å². The van der Waals surface area contributed by atoms with Crippen LogP contribution >= 0.6 is 0 Å². The van der Waals surface area contributed by atoms with Gasteiger partial charge in [0.1, 0.15) is 11.8 Å². The summed E-state index contributed by atoms with van der Waals surface area (Å²) in [5.41, 5.74) is 0. The molecular weight excluding hydrogens is 284 g/mol. The van der Waals surface area contributed by atoms with Crippen LogP contribution in [0.2, 0.25) is 0 Å². The maximum atomic E-state index is 12.5. The van der Waals surface area contributed by atoms with E-state index in [2.05, 4.69) is 10.1 Å². The minimum absolute atomic E-state index is 0.0196. The fraction of sp³-hybridized carbons (Fsp3) is 0.417. The third-order valence-electron chi connectivity index (χ3n) is 3.11. The molecule has 1 unspecified atom stereocenters. The van der Waals surface area contributed by atoms with E-state index in [9.17, 15) is 18.3 Å². The number of phenols is 1. The van der Waals surface area contributed by atoms with Crippen LogP contribution < -0.4 is 5.32 Å². The molecule has 0 amide bonds. The number of carbonyl (C=O) groups excluding carboxylic acids is 1. The largest absolute Gasteiger partial charge is 0.508 e. The zero-order valence-electron chi connectivity index (χ0n) is 10.9. The smallest absolute Gasteiger partial charge is 0.325 e. The standard InChI is InChI=1S/C12H16N2O5S/c1-19-12(16)11-8-13-6-7-14(11)20(17,18)10-4-2-9(15)3-5-10/h2-5,11,13,15H,6-8H2,1H3. The van der Waals surface area contributed by atoms with E-state index in [0.29, 0.717) is 6.54 Å². The van der Waals surface area contributed by atoms with Crippen molar-refractivity contribution in [3.63, 3.8) is 0 Å². The molecule has 110 valence electrons. The summed E-state index contributed by atoms with van der Waals surface area (Å²) in [4.78, 5) is 11.7. The summed E-state index contributed by atoms with van der Waals surface area (Å²) in [7, 11) is -2.58. The van der Waals surface area contributed by atoms with Crippen LogP contribution in [0.3, 0.4) is 0 Å². The number of esters is 1. The maximum absolute atomic E-state index is 12.5. The first kappa shape index (κ1) is 14.8.